The summed E-state index contributed by atoms with van der Waals surface area (Å²) in [7, 11) is 0. The van der Waals surface area contributed by atoms with E-state index in [9.17, 15) is 4.39 Å². The number of anilines is 1. The van der Waals surface area contributed by atoms with E-state index in [0.29, 0.717) is 22.8 Å². The summed E-state index contributed by atoms with van der Waals surface area (Å²) in [5.41, 5.74) is 5.49. The molecule has 0 aliphatic carbocycles. The van der Waals surface area contributed by atoms with Crippen LogP contribution in [-0.4, -0.2) is 24.6 Å². The summed E-state index contributed by atoms with van der Waals surface area (Å²) in [4.78, 5) is 5.93. The molecule has 1 saturated heterocycles. The zero-order valence-corrected chi connectivity index (χ0v) is 9.17. The molecule has 3 nitrogen and oxygen atoms in total. The first-order valence-electron chi connectivity index (χ1n) is 4.46. The lowest BCUT2D eigenvalue weighted by atomic mass is 10.0. The first kappa shape index (κ1) is 9.86. The normalized spacial score (nSPS) is 16.9. The monoisotopic (exact) mass is 259 g/mol. The van der Waals surface area contributed by atoms with Crippen LogP contribution >= 0.6 is 15.9 Å². The Morgan fingerprint density at radius 1 is 1.64 bits per heavy atom. The first-order chi connectivity index (χ1) is 6.70. The maximum atomic E-state index is 13.4. The summed E-state index contributed by atoms with van der Waals surface area (Å²) in [5.74, 6) is 0.632. The van der Waals surface area contributed by atoms with Gasteiger partial charge >= 0.3 is 0 Å². The summed E-state index contributed by atoms with van der Waals surface area (Å²) < 4.78 is 14.0. The SMILES string of the molecule is NCC1CN(c2ncc(Br)cc2F)C1. The average molecular weight is 260 g/mol. The highest BCUT2D eigenvalue weighted by Crippen LogP contribution is 2.26. The fourth-order valence-electron chi connectivity index (χ4n) is 1.53. The molecule has 0 spiro atoms. The fourth-order valence-corrected chi connectivity index (χ4v) is 1.84. The number of halogens is 2. The third kappa shape index (κ3) is 1.74. The lowest BCUT2D eigenvalue weighted by molar-refractivity contribution is 0.410. The quantitative estimate of drug-likeness (QED) is 0.873. The molecule has 1 aliphatic heterocycles. The summed E-state index contributed by atoms with van der Waals surface area (Å²) >= 11 is 3.17. The third-order valence-electron chi connectivity index (χ3n) is 2.38. The van der Waals surface area contributed by atoms with Crippen molar-refractivity contribution in [2.45, 2.75) is 0 Å². The summed E-state index contributed by atoms with van der Waals surface area (Å²) in [6.45, 7) is 2.28. The van der Waals surface area contributed by atoms with Gasteiger partial charge in [-0.15, -0.1) is 0 Å². The minimum Gasteiger partial charge on any atom is -0.353 e. The summed E-state index contributed by atoms with van der Waals surface area (Å²) in [6.07, 6.45) is 1.61. The van der Waals surface area contributed by atoms with Crippen molar-refractivity contribution in [3.8, 4) is 0 Å². The van der Waals surface area contributed by atoms with Crippen LogP contribution in [0.25, 0.3) is 0 Å². The van der Waals surface area contributed by atoms with Crippen molar-refractivity contribution in [2.24, 2.45) is 11.7 Å². The Morgan fingerprint density at radius 3 is 2.93 bits per heavy atom. The molecule has 0 radical (unpaired) electrons. The van der Waals surface area contributed by atoms with Crippen LogP contribution in [0.1, 0.15) is 0 Å². The van der Waals surface area contributed by atoms with E-state index < -0.39 is 0 Å². The van der Waals surface area contributed by atoms with Crippen LogP contribution in [0.15, 0.2) is 16.7 Å². The number of hydrogen-bond acceptors (Lipinski definition) is 3. The smallest absolute Gasteiger partial charge is 0.166 e. The zero-order valence-electron chi connectivity index (χ0n) is 7.58. The molecule has 2 rings (SSSR count). The molecular weight excluding hydrogens is 249 g/mol. The van der Waals surface area contributed by atoms with E-state index in [1.165, 1.54) is 6.07 Å². The maximum Gasteiger partial charge on any atom is 0.166 e. The van der Waals surface area contributed by atoms with Crippen LogP contribution in [0.3, 0.4) is 0 Å². The molecule has 0 unspecified atom stereocenters. The Labute approximate surface area is 90.2 Å². The van der Waals surface area contributed by atoms with Gasteiger partial charge in [0.15, 0.2) is 11.6 Å². The average Bonchev–Trinajstić information content (AvgIpc) is 2.06. The predicted octanol–water partition coefficient (Wildman–Crippen LogP) is 1.38. The fraction of sp³-hybridized carbons (Fsp3) is 0.444. The number of pyridine rings is 1. The topological polar surface area (TPSA) is 42.1 Å². The van der Waals surface area contributed by atoms with Gasteiger partial charge in [0.05, 0.1) is 0 Å². The zero-order chi connectivity index (χ0) is 10.1. The molecule has 1 aromatic heterocycles. The van der Waals surface area contributed by atoms with Gasteiger partial charge in [-0.3, -0.25) is 0 Å². The van der Waals surface area contributed by atoms with Gasteiger partial charge < -0.3 is 10.6 Å². The van der Waals surface area contributed by atoms with Crippen molar-refractivity contribution in [1.82, 2.24) is 4.98 Å². The van der Waals surface area contributed by atoms with E-state index in [1.54, 1.807) is 6.20 Å². The molecule has 1 aromatic rings. The van der Waals surface area contributed by atoms with E-state index >= 15 is 0 Å². The minimum atomic E-state index is -0.283. The molecule has 76 valence electrons. The van der Waals surface area contributed by atoms with Gasteiger partial charge in [-0.1, -0.05) is 0 Å². The number of rotatable bonds is 2. The highest BCUT2D eigenvalue weighted by Gasteiger charge is 2.28. The van der Waals surface area contributed by atoms with E-state index in [-0.39, 0.29) is 5.82 Å². The highest BCUT2D eigenvalue weighted by atomic mass is 79.9. The Balaban J connectivity index is 2.11. The van der Waals surface area contributed by atoms with Gasteiger partial charge in [0.1, 0.15) is 0 Å². The van der Waals surface area contributed by atoms with Crippen LogP contribution in [0, 0.1) is 11.7 Å². The minimum absolute atomic E-state index is 0.283. The van der Waals surface area contributed by atoms with E-state index in [4.69, 9.17) is 5.73 Å². The predicted molar refractivity (Wildman–Crippen MR) is 56.7 cm³/mol. The molecule has 0 aromatic carbocycles. The molecule has 0 bridgehead atoms. The standard InChI is InChI=1S/C9H11BrFN3/c10-7-1-8(11)9(13-3-7)14-4-6(2-12)5-14/h1,3,6H,2,4-5,12H2. The Hall–Kier alpha value is -0.680. The Morgan fingerprint density at radius 2 is 2.36 bits per heavy atom. The number of nitrogens with two attached hydrogens (primary N) is 1. The van der Waals surface area contributed by atoms with Crippen LogP contribution in [0.2, 0.25) is 0 Å². The van der Waals surface area contributed by atoms with Gasteiger partial charge in [0, 0.05) is 29.7 Å². The Bertz CT molecular complexity index is 339. The Kier molecular flexibility index (Phi) is 2.69. The van der Waals surface area contributed by atoms with Crippen molar-refractivity contribution >= 4 is 21.7 Å². The van der Waals surface area contributed by atoms with Gasteiger partial charge in [0.2, 0.25) is 0 Å². The van der Waals surface area contributed by atoms with Gasteiger partial charge in [-0.2, -0.15) is 0 Å². The molecular formula is C9H11BrFN3. The van der Waals surface area contributed by atoms with Crippen LogP contribution < -0.4 is 10.6 Å². The molecule has 0 saturated carbocycles. The molecule has 2 N–H and O–H groups in total. The van der Waals surface area contributed by atoms with Gasteiger partial charge in [-0.25, -0.2) is 9.37 Å². The third-order valence-corrected chi connectivity index (χ3v) is 2.81. The number of aromatic nitrogens is 1. The van der Waals surface area contributed by atoms with Crippen LogP contribution in [-0.2, 0) is 0 Å². The molecule has 0 amide bonds. The van der Waals surface area contributed by atoms with Crippen molar-refractivity contribution < 1.29 is 4.39 Å². The molecule has 5 heteroatoms. The lowest BCUT2D eigenvalue weighted by Crippen LogP contribution is -2.50. The molecule has 0 atom stereocenters. The van der Waals surface area contributed by atoms with Crippen LogP contribution in [0.5, 0.6) is 0 Å². The highest BCUT2D eigenvalue weighted by molar-refractivity contribution is 9.10. The maximum absolute atomic E-state index is 13.4. The van der Waals surface area contributed by atoms with Crippen molar-refractivity contribution in [3.63, 3.8) is 0 Å². The lowest BCUT2D eigenvalue weighted by Gasteiger charge is -2.39. The summed E-state index contributed by atoms with van der Waals surface area (Å²) in [6, 6.07) is 1.43. The number of nitrogens with zero attached hydrogens (tertiary/aromatic N) is 2. The van der Waals surface area contributed by atoms with Crippen molar-refractivity contribution in [3.05, 3.63) is 22.6 Å². The second kappa shape index (κ2) is 3.82. The molecule has 2 heterocycles. The van der Waals surface area contributed by atoms with E-state index in [1.807, 2.05) is 4.90 Å². The second-order valence-electron chi connectivity index (χ2n) is 3.47. The summed E-state index contributed by atoms with van der Waals surface area (Å²) in [5, 5.41) is 0. The van der Waals surface area contributed by atoms with Crippen molar-refractivity contribution in [1.29, 1.82) is 0 Å². The van der Waals surface area contributed by atoms with Gasteiger partial charge in [-0.05, 0) is 28.5 Å². The van der Waals surface area contributed by atoms with E-state index in [0.717, 1.165) is 13.1 Å². The largest absolute Gasteiger partial charge is 0.353 e. The van der Waals surface area contributed by atoms with Crippen LogP contribution in [0.4, 0.5) is 10.2 Å². The molecule has 1 aliphatic rings. The van der Waals surface area contributed by atoms with E-state index in [2.05, 4.69) is 20.9 Å². The van der Waals surface area contributed by atoms with Gasteiger partial charge in [0.25, 0.3) is 0 Å². The second-order valence-corrected chi connectivity index (χ2v) is 4.38. The van der Waals surface area contributed by atoms with Crippen molar-refractivity contribution in [2.75, 3.05) is 24.5 Å². The molecule has 1 fully saturated rings. The first-order valence-corrected chi connectivity index (χ1v) is 5.26. The number of hydrogen-bond donors (Lipinski definition) is 1. The molecule has 14 heavy (non-hydrogen) atoms.